The molecule has 156 valence electrons. The minimum absolute atomic E-state index is 0.839. The Bertz CT molecular complexity index is 277. The Hall–Kier alpha value is -0.110. The van der Waals surface area contributed by atoms with Gasteiger partial charge >= 0.3 is 0 Å². The summed E-state index contributed by atoms with van der Waals surface area (Å²) >= 11 is 5.35. The molecule has 0 aromatic carbocycles. The number of thiocarbonyl (C=S) groups is 1. The summed E-state index contributed by atoms with van der Waals surface area (Å²) in [6.07, 6.45) is 27.0. The Morgan fingerprint density at radius 2 is 0.846 bits per heavy atom. The van der Waals surface area contributed by atoms with Gasteiger partial charge in [0.1, 0.15) is 0 Å². The Kier molecular flexibility index (Phi) is 22.8. The highest BCUT2D eigenvalue weighted by Crippen LogP contribution is 2.13. The standard InChI is InChI=1S/C24H48OS/c1-3-5-7-9-11-13-14-15-16-18-20-22-24(26)25-23-21-19-17-12-10-8-6-4-2/h3-23H2,1-2H3. The van der Waals surface area contributed by atoms with Gasteiger partial charge in [0.2, 0.25) is 0 Å². The van der Waals surface area contributed by atoms with E-state index in [1.807, 2.05) is 0 Å². The van der Waals surface area contributed by atoms with Crippen molar-refractivity contribution in [2.75, 3.05) is 6.61 Å². The van der Waals surface area contributed by atoms with Gasteiger partial charge in [-0.15, -0.1) is 0 Å². The van der Waals surface area contributed by atoms with Crippen LogP contribution in [0, 0.1) is 0 Å². The van der Waals surface area contributed by atoms with Gasteiger partial charge in [-0.05, 0) is 25.1 Å². The third kappa shape index (κ3) is 21.9. The largest absolute Gasteiger partial charge is 0.487 e. The maximum absolute atomic E-state index is 5.71. The first-order valence-electron chi connectivity index (χ1n) is 12.0. The summed E-state index contributed by atoms with van der Waals surface area (Å²) in [7, 11) is 0. The van der Waals surface area contributed by atoms with Crippen LogP contribution < -0.4 is 0 Å². The Morgan fingerprint density at radius 3 is 1.27 bits per heavy atom. The molecule has 0 aromatic rings. The van der Waals surface area contributed by atoms with Gasteiger partial charge in [0, 0.05) is 6.42 Å². The highest BCUT2D eigenvalue weighted by atomic mass is 32.1. The second kappa shape index (κ2) is 22.9. The maximum atomic E-state index is 5.71. The highest BCUT2D eigenvalue weighted by molar-refractivity contribution is 7.80. The van der Waals surface area contributed by atoms with Crippen LogP contribution >= 0.6 is 12.2 Å². The van der Waals surface area contributed by atoms with E-state index in [1.165, 1.54) is 122 Å². The van der Waals surface area contributed by atoms with E-state index in [2.05, 4.69) is 13.8 Å². The Balaban J connectivity index is 3.13. The fourth-order valence-electron chi connectivity index (χ4n) is 3.43. The summed E-state index contributed by atoms with van der Waals surface area (Å²) in [4.78, 5) is 0. The van der Waals surface area contributed by atoms with E-state index in [-0.39, 0.29) is 0 Å². The second-order valence-electron chi connectivity index (χ2n) is 7.98. The van der Waals surface area contributed by atoms with E-state index < -0.39 is 0 Å². The lowest BCUT2D eigenvalue weighted by Gasteiger charge is -2.07. The molecule has 0 saturated carbocycles. The number of rotatable bonds is 21. The first-order valence-corrected chi connectivity index (χ1v) is 12.4. The molecule has 0 aliphatic heterocycles. The summed E-state index contributed by atoms with van der Waals surface area (Å²) in [6, 6.07) is 0. The van der Waals surface area contributed by atoms with Gasteiger partial charge in [-0.1, -0.05) is 123 Å². The van der Waals surface area contributed by atoms with Gasteiger partial charge in [-0.3, -0.25) is 0 Å². The van der Waals surface area contributed by atoms with Crippen LogP contribution in [0.1, 0.15) is 142 Å². The van der Waals surface area contributed by atoms with Crippen LogP contribution in [0.25, 0.3) is 0 Å². The van der Waals surface area contributed by atoms with Crippen LogP contribution in [0.4, 0.5) is 0 Å². The summed E-state index contributed by atoms with van der Waals surface area (Å²) in [5, 5.41) is 0.851. The van der Waals surface area contributed by atoms with E-state index in [0.29, 0.717) is 0 Å². The highest BCUT2D eigenvalue weighted by Gasteiger charge is 1.99. The van der Waals surface area contributed by atoms with Crippen molar-refractivity contribution in [1.82, 2.24) is 0 Å². The number of ether oxygens (including phenoxy) is 1. The predicted octanol–water partition coefficient (Wildman–Crippen LogP) is 9.17. The molecule has 0 N–H and O–H groups in total. The third-order valence-corrected chi connectivity index (χ3v) is 5.57. The average molecular weight is 385 g/mol. The van der Waals surface area contributed by atoms with Crippen molar-refractivity contribution >= 4 is 17.3 Å². The molecule has 2 heteroatoms. The normalized spacial score (nSPS) is 11.0. The van der Waals surface area contributed by atoms with Crippen molar-refractivity contribution in [3.05, 3.63) is 0 Å². The summed E-state index contributed by atoms with van der Waals surface area (Å²) in [5.74, 6) is 0. The first-order chi connectivity index (χ1) is 12.8. The molecular formula is C24H48OS. The minimum atomic E-state index is 0.839. The molecule has 0 amide bonds. The summed E-state index contributed by atoms with van der Waals surface area (Å²) in [6.45, 7) is 5.40. The Labute approximate surface area is 171 Å². The monoisotopic (exact) mass is 384 g/mol. The van der Waals surface area contributed by atoms with Crippen molar-refractivity contribution in [3.8, 4) is 0 Å². The Morgan fingerprint density at radius 1 is 0.500 bits per heavy atom. The van der Waals surface area contributed by atoms with Crippen LogP contribution in [0.15, 0.2) is 0 Å². The molecule has 0 aromatic heterocycles. The van der Waals surface area contributed by atoms with Crippen LogP contribution in [-0.2, 0) is 4.74 Å². The second-order valence-corrected chi connectivity index (χ2v) is 8.44. The fourth-order valence-corrected chi connectivity index (χ4v) is 3.66. The molecule has 0 saturated heterocycles. The number of unbranched alkanes of at least 4 members (excludes halogenated alkanes) is 17. The third-order valence-electron chi connectivity index (χ3n) is 5.25. The lowest BCUT2D eigenvalue weighted by molar-refractivity contribution is 0.290. The van der Waals surface area contributed by atoms with E-state index in [1.54, 1.807) is 0 Å². The van der Waals surface area contributed by atoms with Crippen molar-refractivity contribution in [3.63, 3.8) is 0 Å². The summed E-state index contributed by atoms with van der Waals surface area (Å²) < 4.78 is 5.71. The minimum Gasteiger partial charge on any atom is -0.487 e. The van der Waals surface area contributed by atoms with Crippen LogP contribution in [0.3, 0.4) is 0 Å². The molecule has 1 nitrogen and oxygen atoms in total. The molecule has 0 radical (unpaired) electrons. The zero-order chi connectivity index (χ0) is 19.1. The smallest absolute Gasteiger partial charge is 0.159 e. The molecule has 0 atom stereocenters. The predicted molar refractivity (Wildman–Crippen MR) is 122 cm³/mol. The van der Waals surface area contributed by atoms with Crippen molar-refractivity contribution < 1.29 is 4.74 Å². The van der Waals surface area contributed by atoms with E-state index in [0.717, 1.165) is 18.1 Å². The van der Waals surface area contributed by atoms with Gasteiger partial charge in [-0.25, -0.2) is 0 Å². The molecule has 0 spiro atoms. The number of hydrogen-bond acceptors (Lipinski definition) is 2. The quantitative estimate of drug-likeness (QED) is 0.144. The average Bonchev–Trinajstić information content (AvgIpc) is 2.64. The number of hydrogen-bond donors (Lipinski definition) is 0. The van der Waals surface area contributed by atoms with Crippen LogP contribution in [0.2, 0.25) is 0 Å². The van der Waals surface area contributed by atoms with E-state index >= 15 is 0 Å². The molecule has 0 aliphatic rings. The topological polar surface area (TPSA) is 9.23 Å². The van der Waals surface area contributed by atoms with E-state index in [9.17, 15) is 0 Å². The first kappa shape index (κ1) is 25.9. The van der Waals surface area contributed by atoms with Crippen molar-refractivity contribution in [2.24, 2.45) is 0 Å². The van der Waals surface area contributed by atoms with Crippen LogP contribution in [-0.4, -0.2) is 11.7 Å². The van der Waals surface area contributed by atoms with Crippen LogP contribution in [0.5, 0.6) is 0 Å². The molecule has 0 rings (SSSR count). The molecule has 0 bridgehead atoms. The van der Waals surface area contributed by atoms with Crippen molar-refractivity contribution in [2.45, 2.75) is 142 Å². The molecule has 0 fully saturated rings. The maximum Gasteiger partial charge on any atom is 0.159 e. The van der Waals surface area contributed by atoms with E-state index in [4.69, 9.17) is 17.0 Å². The zero-order valence-corrected chi connectivity index (χ0v) is 19.0. The lowest BCUT2D eigenvalue weighted by Crippen LogP contribution is -2.03. The lowest BCUT2D eigenvalue weighted by atomic mass is 10.1. The molecule has 0 heterocycles. The SMILES string of the molecule is CCCCCCCCCCCCCC(=S)OCCCCCCCCCC. The molecule has 26 heavy (non-hydrogen) atoms. The van der Waals surface area contributed by atoms with Gasteiger partial charge in [-0.2, -0.15) is 0 Å². The summed E-state index contributed by atoms with van der Waals surface area (Å²) in [5.41, 5.74) is 0. The fraction of sp³-hybridized carbons (Fsp3) is 0.958. The zero-order valence-electron chi connectivity index (χ0n) is 18.2. The molecule has 0 aliphatic carbocycles. The van der Waals surface area contributed by atoms with Gasteiger partial charge in [0.25, 0.3) is 0 Å². The molecule has 0 unspecified atom stereocenters. The molecular weight excluding hydrogens is 336 g/mol. The van der Waals surface area contributed by atoms with Gasteiger partial charge in [0.15, 0.2) is 5.05 Å². The van der Waals surface area contributed by atoms with Crippen molar-refractivity contribution in [1.29, 1.82) is 0 Å². The van der Waals surface area contributed by atoms with Gasteiger partial charge in [0.05, 0.1) is 6.61 Å². The van der Waals surface area contributed by atoms with Gasteiger partial charge < -0.3 is 4.74 Å².